The van der Waals surface area contributed by atoms with E-state index in [1.165, 1.54) is 6.21 Å². The van der Waals surface area contributed by atoms with E-state index in [0.717, 1.165) is 24.2 Å². The van der Waals surface area contributed by atoms with Gasteiger partial charge in [-0.3, -0.25) is 14.6 Å². The Morgan fingerprint density at radius 3 is 3.00 bits per heavy atom. The van der Waals surface area contributed by atoms with Crippen molar-refractivity contribution in [1.29, 1.82) is 0 Å². The maximum absolute atomic E-state index is 11.8. The van der Waals surface area contributed by atoms with Gasteiger partial charge in [-0.15, -0.1) is 0 Å². The van der Waals surface area contributed by atoms with Gasteiger partial charge in [0.15, 0.2) is 0 Å². The van der Waals surface area contributed by atoms with Gasteiger partial charge < -0.3 is 4.74 Å². The maximum Gasteiger partial charge on any atom is 0.342 e. The van der Waals surface area contributed by atoms with E-state index in [4.69, 9.17) is 4.74 Å². The van der Waals surface area contributed by atoms with Gasteiger partial charge in [-0.1, -0.05) is 25.5 Å². The lowest BCUT2D eigenvalue weighted by molar-refractivity contribution is -0.121. The van der Waals surface area contributed by atoms with Crippen LogP contribution >= 0.6 is 0 Å². The topological polar surface area (TPSA) is 129 Å². The van der Waals surface area contributed by atoms with Crippen molar-refractivity contribution in [2.75, 3.05) is 6.61 Å². The molecular weight excluding hydrogens is 338 g/mol. The summed E-state index contributed by atoms with van der Waals surface area (Å²) >= 11 is 0. The summed E-state index contributed by atoms with van der Waals surface area (Å²) in [6.07, 6.45) is 3.67. The summed E-state index contributed by atoms with van der Waals surface area (Å²) in [7, 11) is 0. The van der Waals surface area contributed by atoms with Crippen LogP contribution in [0.4, 0.5) is 0 Å². The summed E-state index contributed by atoms with van der Waals surface area (Å²) in [5, 5.41) is 9.61. The van der Waals surface area contributed by atoms with Crippen LogP contribution in [0.3, 0.4) is 0 Å². The van der Waals surface area contributed by atoms with E-state index >= 15 is 0 Å². The number of ether oxygens (including phenoxy) is 1. The first kappa shape index (κ1) is 19.1. The first-order valence-corrected chi connectivity index (χ1v) is 8.31. The summed E-state index contributed by atoms with van der Waals surface area (Å²) < 4.78 is 5.61. The van der Waals surface area contributed by atoms with Gasteiger partial charge in [0.2, 0.25) is 5.91 Å². The predicted molar refractivity (Wildman–Crippen MR) is 96.4 cm³/mol. The van der Waals surface area contributed by atoms with E-state index in [2.05, 4.69) is 27.6 Å². The molecule has 0 atom stereocenters. The Morgan fingerprint density at radius 1 is 1.38 bits per heavy atom. The molecule has 0 bridgehead atoms. The van der Waals surface area contributed by atoms with Crippen molar-refractivity contribution < 1.29 is 9.53 Å². The molecule has 1 aromatic heterocycles. The molecule has 0 radical (unpaired) electrons. The smallest absolute Gasteiger partial charge is 0.342 e. The molecule has 9 heteroatoms. The normalized spacial score (nSPS) is 10.8. The number of nitrogens with zero attached hydrogens (tertiary/aromatic N) is 2. The van der Waals surface area contributed by atoms with Crippen LogP contribution in [-0.4, -0.2) is 33.9 Å². The number of hydrogen-bond acceptors (Lipinski definition) is 6. The number of carbonyl (C=O) groups is 1. The third kappa shape index (κ3) is 6.34. The molecule has 0 unspecified atom stereocenters. The molecule has 1 aromatic carbocycles. The Hall–Kier alpha value is -3.23. The quantitative estimate of drug-likeness (QED) is 0.345. The van der Waals surface area contributed by atoms with Crippen LogP contribution in [0.2, 0.25) is 0 Å². The highest BCUT2D eigenvalue weighted by atomic mass is 16.5. The van der Waals surface area contributed by atoms with Gasteiger partial charge in [-0.05, 0) is 24.1 Å². The Kier molecular flexibility index (Phi) is 7.29. The molecule has 0 saturated heterocycles. The number of carbonyl (C=O) groups excluding carboxylic acids is 1. The maximum atomic E-state index is 11.8. The first-order chi connectivity index (χ1) is 12.6. The number of aryl methyl sites for hydroxylation is 1. The van der Waals surface area contributed by atoms with E-state index < -0.39 is 11.2 Å². The van der Waals surface area contributed by atoms with Crippen molar-refractivity contribution in [3.05, 3.63) is 56.4 Å². The van der Waals surface area contributed by atoms with Crippen molar-refractivity contribution in [2.24, 2.45) is 5.10 Å². The van der Waals surface area contributed by atoms with Crippen LogP contribution < -0.4 is 21.4 Å². The van der Waals surface area contributed by atoms with Crippen LogP contribution in [0.1, 0.15) is 37.4 Å². The minimum atomic E-state index is -0.686. The van der Waals surface area contributed by atoms with Gasteiger partial charge in [0, 0.05) is 12.8 Å². The molecule has 1 heterocycles. The summed E-state index contributed by atoms with van der Waals surface area (Å²) in [4.78, 5) is 36.2. The van der Waals surface area contributed by atoms with Crippen molar-refractivity contribution in [3.8, 4) is 5.75 Å². The van der Waals surface area contributed by atoms with Crippen molar-refractivity contribution >= 4 is 12.1 Å². The number of unbranched alkanes of at least 4 members (excludes halogenated alkanes) is 1. The first-order valence-electron chi connectivity index (χ1n) is 8.31. The molecule has 138 valence electrons. The number of benzene rings is 1. The fourth-order valence-electron chi connectivity index (χ4n) is 2.03. The minimum Gasteiger partial charge on any atom is -0.494 e. The average molecular weight is 359 g/mol. The van der Waals surface area contributed by atoms with Crippen LogP contribution in [0.5, 0.6) is 5.75 Å². The van der Waals surface area contributed by atoms with Crippen molar-refractivity contribution in [2.45, 2.75) is 32.6 Å². The zero-order chi connectivity index (χ0) is 18.8. The summed E-state index contributed by atoms with van der Waals surface area (Å²) in [6.45, 7) is 2.75. The second-order valence-corrected chi connectivity index (χ2v) is 5.52. The molecule has 0 spiro atoms. The number of amides is 1. The van der Waals surface area contributed by atoms with Gasteiger partial charge >= 0.3 is 5.69 Å². The Balaban J connectivity index is 1.82. The molecule has 26 heavy (non-hydrogen) atoms. The number of nitrogens with one attached hydrogen (secondary N) is 3. The highest BCUT2D eigenvalue weighted by Gasteiger charge is 2.06. The summed E-state index contributed by atoms with van der Waals surface area (Å²) in [5.41, 5.74) is 1.96. The second-order valence-electron chi connectivity index (χ2n) is 5.52. The van der Waals surface area contributed by atoms with Crippen molar-refractivity contribution in [3.63, 3.8) is 0 Å². The van der Waals surface area contributed by atoms with Gasteiger partial charge in [0.1, 0.15) is 11.4 Å². The number of hydrazone groups is 1. The third-order valence-corrected chi connectivity index (χ3v) is 3.40. The number of aromatic nitrogens is 3. The zero-order valence-electron chi connectivity index (χ0n) is 14.4. The Bertz CT molecular complexity index is 872. The lowest BCUT2D eigenvalue weighted by atomic mass is 10.2. The highest BCUT2D eigenvalue weighted by molar-refractivity contribution is 5.82. The van der Waals surface area contributed by atoms with Crippen LogP contribution in [0, 0.1) is 0 Å². The average Bonchev–Trinajstić information content (AvgIpc) is 2.62. The van der Waals surface area contributed by atoms with Crippen molar-refractivity contribution in [1.82, 2.24) is 20.6 Å². The highest BCUT2D eigenvalue weighted by Crippen LogP contribution is 2.12. The van der Waals surface area contributed by atoms with E-state index in [0.29, 0.717) is 6.61 Å². The van der Waals surface area contributed by atoms with Gasteiger partial charge in [-0.2, -0.15) is 10.2 Å². The fraction of sp³-hybridized carbons (Fsp3) is 0.353. The molecule has 1 amide bonds. The van der Waals surface area contributed by atoms with Crippen LogP contribution in [-0.2, 0) is 11.2 Å². The number of aromatic amines is 2. The minimum absolute atomic E-state index is 0.0135. The molecule has 0 aliphatic heterocycles. The fourth-order valence-corrected chi connectivity index (χ4v) is 2.03. The molecule has 3 N–H and O–H groups in total. The number of H-pyrrole nitrogens is 2. The molecular formula is C17H21N5O4. The molecule has 0 fully saturated rings. The summed E-state index contributed by atoms with van der Waals surface area (Å²) in [6, 6.07) is 7.38. The molecule has 0 aliphatic rings. The monoisotopic (exact) mass is 359 g/mol. The predicted octanol–water partition coefficient (Wildman–Crippen LogP) is 0.720. The second kappa shape index (κ2) is 9.92. The lowest BCUT2D eigenvalue weighted by Crippen LogP contribution is -2.28. The van der Waals surface area contributed by atoms with E-state index in [9.17, 15) is 14.4 Å². The van der Waals surface area contributed by atoms with E-state index in [-0.39, 0.29) is 24.4 Å². The summed E-state index contributed by atoms with van der Waals surface area (Å²) in [5.74, 6) is 0.376. The molecule has 2 aromatic rings. The Labute approximate surface area is 149 Å². The van der Waals surface area contributed by atoms with E-state index in [1.54, 1.807) is 0 Å². The van der Waals surface area contributed by atoms with Crippen LogP contribution in [0.25, 0.3) is 0 Å². The van der Waals surface area contributed by atoms with Gasteiger partial charge in [0.25, 0.3) is 5.56 Å². The third-order valence-electron chi connectivity index (χ3n) is 3.40. The standard InChI is InChI=1S/C17H21N5O4/c1-2-3-9-26-13-6-4-5-12(10-13)11-18-21-15(23)8-7-14-16(24)19-17(25)22-20-14/h4-6,10-11H,2-3,7-9H2,1H3,(H,21,23)(H2,19,22,24,25)/b18-11+. The van der Waals surface area contributed by atoms with Gasteiger partial charge in [-0.25, -0.2) is 15.3 Å². The molecule has 9 nitrogen and oxygen atoms in total. The van der Waals surface area contributed by atoms with E-state index in [1.807, 2.05) is 29.2 Å². The van der Waals surface area contributed by atoms with Crippen LogP contribution in [0.15, 0.2) is 39.0 Å². The SMILES string of the molecule is CCCCOc1cccc(/C=N/NC(=O)CCc2n[nH]c(=O)[nH]c2=O)c1. The molecule has 2 rings (SSSR count). The molecule has 0 saturated carbocycles. The number of hydrogen-bond donors (Lipinski definition) is 3. The zero-order valence-corrected chi connectivity index (χ0v) is 14.4. The lowest BCUT2D eigenvalue weighted by Gasteiger charge is -2.05. The molecule has 0 aliphatic carbocycles. The number of rotatable bonds is 9. The Morgan fingerprint density at radius 2 is 2.23 bits per heavy atom. The largest absolute Gasteiger partial charge is 0.494 e. The van der Waals surface area contributed by atoms with Gasteiger partial charge in [0.05, 0.1) is 12.8 Å².